The van der Waals surface area contributed by atoms with Gasteiger partial charge in [0.25, 0.3) is 0 Å². The van der Waals surface area contributed by atoms with Gasteiger partial charge in [-0.05, 0) is 45.1 Å². The Hall–Kier alpha value is -1.55. The molecule has 1 atom stereocenters. The van der Waals surface area contributed by atoms with E-state index in [9.17, 15) is 4.79 Å². The van der Waals surface area contributed by atoms with Gasteiger partial charge < -0.3 is 15.4 Å². The fourth-order valence-electron chi connectivity index (χ4n) is 2.26. The van der Waals surface area contributed by atoms with E-state index in [1.54, 1.807) is 0 Å². The van der Waals surface area contributed by atoms with Crippen molar-refractivity contribution >= 4 is 6.09 Å². The molecule has 21 heavy (non-hydrogen) atoms. The molecule has 116 valence electrons. The van der Waals surface area contributed by atoms with Gasteiger partial charge in [-0.3, -0.25) is 0 Å². The number of amides is 1. The summed E-state index contributed by atoms with van der Waals surface area (Å²) in [7, 11) is 0. The van der Waals surface area contributed by atoms with Gasteiger partial charge in [0.1, 0.15) is 5.60 Å². The lowest BCUT2D eigenvalue weighted by Crippen LogP contribution is -2.43. The van der Waals surface area contributed by atoms with Gasteiger partial charge in [0.05, 0.1) is 0 Å². The van der Waals surface area contributed by atoms with Gasteiger partial charge in [-0.1, -0.05) is 30.3 Å². The molecule has 1 aromatic carbocycles. The van der Waals surface area contributed by atoms with E-state index in [-0.39, 0.29) is 6.09 Å². The van der Waals surface area contributed by atoms with Gasteiger partial charge in [0.15, 0.2) is 0 Å². The molecule has 0 radical (unpaired) electrons. The van der Waals surface area contributed by atoms with Gasteiger partial charge in [-0.2, -0.15) is 0 Å². The standard InChI is InChI=1S/C17H26N2O2/c1-17(2,3)21-16(20)19-12-15(14-9-10-14)18-11-13-7-5-4-6-8-13/h4-8,14-15,18H,9-12H2,1-3H3,(H,19,20). The SMILES string of the molecule is CC(C)(C)OC(=O)NCC(NCc1ccccc1)C1CC1. The second kappa shape index (κ2) is 6.94. The summed E-state index contributed by atoms with van der Waals surface area (Å²) in [4.78, 5) is 11.7. The maximum Gasteiger partial charge on any atom is 0.407 e. The largest absolute Gasteiger partial charge is 0.444 e. The highest BCUT2D eigenvalue weighted by molar-refractivity contribution is 5.67. The number of hydrogen-bond acceptors (Lipinski definition) is 3. The van der Waals surface area contributed by atoms with Crippen LogP contribution in [0.5, 0.6) is 0 Å². The Bertz CT molecular complexity index is 450. The van der Waals surface area contributed by atoms with Crippen LogP contribution in [0.3, 0.4) is 0 Å². The van der Waals surface area contributed by atoms with Crippen molar-refractivity contribution in [1.29, 1.82) is 0 Å². The van der Waals surface area contributed by atoms with E-state index in [0.717, 1.165) is 6.54 Å². The van der Waals surface area contributed by atoms with Crippen LogP contribution in [0.15, 0.2) is 30.3 Å². The molecule has 2 N–H and O–H groups in total. The molecule has 1 aliphatic carbocycles. The van der Waals surface area contributed by atoms with E-state index in [1.165, 1.54) is 18.4 Å². The molecule has 1 fully saturated rings. The highest BCUT2D eigenvalue weighted by atomic mass is 16.6. The van der Waals surface area contributed by atoms with E-state index in [0.29, 0.717) is 18.5 Å². The van der Waals surface area contributed by atoms with Crippen LogP contribution in [0.1, 0.15) is 39.2 Å². The van der Waals surface area contributed by atoms with E-state index in [1.807, 2.05) is 39.0 Å². The number of hydrogen-bond donors (Lipinski definition) is 2. The molecular formula is C17H26N2O2. The Morgan fingerprint density at radius 3 is 2.52 bits per heavy atom. The average molecular weight is 290 g/mol. The second-order valence-electron chi connectivity index (χ2n) is 6.69. The van der Waals surface area contributed by atoms with Crippen LogP contribution in [0.4, 0.5) is 4.79 Å². The lowest BCUT2D eigenvalue weighted by Gasteiger charge is -2.22. The molecule has 4 nitrogen and oxygen atoms in total. The minimum absolute atomic E-state index is 0.317. The number of rotatable bonds is 6. The summed E-state index contributed by atoms with van der Waals surface area (Å²) >= 11 is 0. The summed E-state index contributed by atoms with van der Waals surface area (Å²) in [5.41, 5.74) is 0.816. The van der Waals surface area contributed by atoms with Crippen LogP contribution in [0, 0.1) is 5.92 Å². The molecule has 0 bridgehead atoms. The number of nitrogens with one attached hydrogen (secondary N) is 2. The molecule has 1 amide bonds. The molecule has 2 rings (SSSR count). The van der Waals surface area contributed by atoms with Gasteiger partial charge >= 0.3 is 6.09 Å². The zero-order chi connectivity index (χ0) is 15.3. The number of ether oxygens (including phenoxy) is 1. The molecule has 1 aliphatic rings. The van der Waals surface area contributed by atoms with E-state index >= 15 is 0 Å². The maximum absolute atomic E-state index is 11.7. The Kier molecular flexibility index (Phi) is 5.23. The normalized spacial score (nSPS) is 16.3. The predicted molar refractivity (Wildman–Crippen MR) is 84.0 cm³/mol. The minimum Gasteiger partial charge on any atom is -0.444 e. The lowest BCUT2D eigenvalue weighted by atomic mass is 10.1. The molecule has 0 heterocycles. The third-order valence-corrected chi connectivity index (χ3v) is 3.47. The van der Waals surface area contributed by atoms with E-state index in [4.69, 9.17) is 4.74 Å². The molecule has 1 aromatic rings. The number of benzene rings is 1. The molecule has 0 spiro atoms. The van der Waals surface area contributed by atoms with E-state index in [2.05, 4.69) is 22.8 Å². The smallest absolute Gasteiger partial charge is 0.407 e. The van der Waals surface area contributed by atoms with Crippen LogP contribution < -0.4 is 10.6 Å². The molecule has 1 saturated carbocycles. The van der Waals surface area contributed by atoms with Crippen LogP contribution in [-0.4, -0.2) is 24.3 Å². The van der Waals surface area contributed by atoms with Crippen molar-refractivity contribution in [1.82, 2.24) is 10.6 Å². The minimum atomic E-state index is -0.448. The quantitative estimate of drug-likeness (QED) is 0.846. The maximum atomic E-state index is 11.7. The molecule has 4 heteroatoms. The van der Waals surface area contributed by atoms with Crippen molar-refractivity contribution in [3.63, 3.8) is 0 Å². The van der Waals surface area contributed by atoms with E-state index < -0.39 is 5.60 Å². The molecular weight excluding hydrogens is 264 g/mol. The Morgan fingerprint density at radius 2 is 1.95 bits per heavy atom. The van der Waals surface area contributed by atoms with Crippen molar-refractivity contribution in [2.45, 2.75) is 51.8 Å². The lowest BCUT2D eigenvalue weighted by molar-refractivity contribution is 0.0521. The van der Waals surface area contributed by atoms with Crippen LogP contribution in [-0.2, 0) is 11.3 Å². The topological polar surface area (TPSA) is 50.4 Å². The zero-order valence-electron chi connectivity index (χ0n) is 13.2. The first kappa shape index (κ1) is 15.8. The van der Waals surface area contributed by atoms with Crippen molar-refractivity contribution < 1.29 is 9.53 Å². The van der Waals surface area contributed by atoms with Gasteiger partial charge in [-0.15, -0.1) is 0 Å². The summed E-state index contributed by atoms with van der Waals surface area (Å²) in [6.07, 6.45) is 2.14. The molecule has 0 aromatic heterocycles. The van der Waals surface area contributed by atoms with Crippen molar-refractivity contribution in [2.75, 3.05) is 6.54 Å². The molecule has 0 saturated heterocycles. The molecule has 0 aliphatic heterocycles. The number of carbonyl (C=O) groups is 1. The fourth-order valence-corrected chi connectivity index (χ4v) is 2.26. The first-order valence-electron chi connectivity index (χ1n) is 7.68. The molecule has 1 unspecified atom stereocenters. The highest BCUT2D eigenvalue weighted by Crippen LogP contribution is 2.32. The zero-order valence-corrected chi connectivity index (χ0v) is 13.2. The highest BCUT2D eigenvalue weighted by Gasteiger charge is 2.31. The average Bonchev–Trinajstić information content (AvgIpc) is 3.22. The summed E-state index contributed by atoms with van der Waals surface area (Å²) < 4.78 is 5.27. The second-order valence-corrected chi connectivity index (χ2v) is 6.69. The first-order chi connectivity index (χ1) is 9.94. The third kappa shape index (κ3) is 6.17. The number of alkyl carbamates (subject to hydrolysis) is 1. The van der Waals surface area contributed by atoms with Crippen molar-refractivity contribution in [3.05, 3.63) is 35.9 Å². The van der Waals surface area contributed by atoms with Crippen LogP contribution in [0.25, 0.3) is 0 Å². The summed E-state index contributed by atoms with van der Waals surface area (Å²) in [5, 5.41) is 6.42. The van der Waals surface area contributed by atoms with Gasteiger partial charge in [0.2, 0.25) is 0 Å². The summed E-state index contributed by atoms with van der Waals surface area (Å²) in [6, 6.07) is 10.6. The monoisotopic (exact) mass is 290 g/mol. The van der Waals surface area contributed by atoms with Crippen LogP contribution in [0.2, 0.25) is 0 Å². The summed E-state index contributed by atoms with van der Waals surface area (Å²) in [6.45, 7) is 7.07. The van der Waals surface area contributed by atoms with Crippen molar-refractivity contribution in [2.24, 2.45) is 5.92 Å². The first-order valence-corrected chi connectivity index (χ1v) is 7.68. The Balaban J connectivity index is 1.76. The van der Waals surface area contributed by atoms with Crippen molar-refractivity contribution in [3.8, 4) is 0 Å². The number of carbonyl (C=O) groups excluding carboxylic acids is 1. The van der Waals surface area contributed by atoms with Gasteiger partial charge in [-0.25, -0.2) is 4.79 Å². The Labute approximate surface area is 127 Å². The predicted octanol–water partition coefficient (Wildman–Crippen LogP) is 3.08. The van der Waals surface area contributed by atoms with Crippen LogP contribution >= 0.6 is 0 Å². The Morgan fingerprint density at radius 1 is 1.29 bits per heavy atom. The fraction of sp³-hybridized carbons (Fsp3) is 0.588. The summed E-state index contributed by atoms with van der Waals surface area (Å²) in [5.74, 6) is 0.670. The third-order valence-electron chi connectivity index (χ3n) is 3.47. The van der Waals surface area contributed by atoms with Gasteiger partial charge in [0, 0.05) is 19.1 Å².